The van der Waals surface area contributed by atoms with Crippen molar-refractivity contribution in [3.63, 3.8) is 0 Å². The first-order chi connectivity index (χ1) is 9.90. The fourth-order valence-electron chi connectivity index (χ4n) is 2.17. The third-order valence-corrected chi connectivity index (χ3v) is 5.95. The first-order valence-corrected chi connectivity index (χ1v) is 8.74. The highest BCUT2D eigenvalue weighted by atomic mass is 35.5. The highest BCUT2D eigenvalue weighted by Gasteiger charge is 2.41. The molecule has 21 heavy (non-hydrogen) atoms. The predicted octanol–water partition coefficient (Wildman–Crippen LogP) is 3.43. The molecule has 7 heteroatoms. The summed E-state index contributed by atoms with van der Waals surface area (Å²) < 4.78 is 0.655. The van der Waals surface area contributed by atoms with E-state index in [2.05, 4.69) is 0 Å². The molecule has 2 unspecified atom stereocenters. The van der Waals surface area contributed by atoms with Gasteiger partial charge in [-0.15, -0.1) is 23.1 Å². The minimum atomic E-state index is -0.952. The summed E-state index contributed by atoms with van der Waals surface area (Å²) >= 11 is 8.73. The minimum absolute atomic E-state index is 0.102. The fraction of sp³-hybridized carbons (Fsp3) is 0.429. The molecule has 1 N–H and O–H groups in total. The molecular weight excluding hydrogens is 330 g/mol. The fourth-order valence-corrected chi connectivity index (χ4v) is 4.61. The van der Waals surface area contributed by atoms with Gasteiger partial charge >= 0.3 is 5.97 Å². The molecule has 2 atom stereocenters. The molecule has 2 heterocycles. The molecule has 1 fully saturated rings. The van der Waals surface area contributed by atoms with Crippen LogP contribution >= 0.6 is 34.7 Å². The van der Waals surface area contributed by atoms with Gasteiger partial charge in [-0.1, -0.05) is 25.4 Å². The zero-order valence-corrected chi connectivity index (χ0v) is 14.0. The number of carbonyl (C=O) groups is 2. The highest BCUT2D eigenvalue weighted by Crippen LogP contribution is 2.34. The van der Waals surface area contributed by atoms with Gasteiger partial charge in [0.1, 0.15) is 6.04 Å². The van der Waals surface area contributed by atoms with Crippen LogP contribution in [0.2, 0.25) is 4.34 Å². The Kier molecular flexibility index (Phi) is 5.35. The van der Waals surface area contributed by atoms with Gasteiger partial charge < -0.3 is 10.0 Å². The summed E-state index contributed by atoms with van der Waals surface area (Å²) in [6.07, 6.45) is 3.11. The molecule has 0 aliphatic carbocycles. The molecule has 1 aliphatic rings. The first-order valence-electron chi connectivity index (χ1n) is 6.50. The van der Waals surface area contributed by atoms with E-state index >= 15 is 0 Å². The Morgan fingerprint density at radius 3 is 2.71 bits per heavy atom. The monoisotopic (exact) mass is 345 g/mol. The molecular formula is C14H16ClNO3S2. The number of carboxylic acids is 1. The second kappa shape index (κ2) is 6.85. The zero-order chi connectivity index (χ0) is 15.6. The van der Waals surface area contributed by atoms with Gasteiger partial charge in [0.2, 0.25) is 5.91 Å². The van der Waals surface area contributed by atoms with Crippen molar-refractivity contribution in [2.45, 2.75) is 25.3 Å². The molecule has 0 aromatic carbocycles. The number of carbonyl (C=O) groups excluding carboxylic acids is 1. The number of thioether (sulfide) groups is 1. The Balaban J connectivity index is 2.17. The number of hydrogen-bond acceptors (Lipinski definition) is 4. The second-order valence-corrected chi connectivity index (χ2v) is 7.94. The minimum Gasteiger partial charge on any atom is -0.480 e. The summed E-state index contributed by atoms with van der Waals surface area (Å²) in [6.45, 7) is 3.98. The van der Waals surface area contributed by atoms with Crippen LogP contribution in [-0.2, 0) is 9.59 Å². The van der Waals surface area contributed by atoms with Crippen LogP contribution in [0, 0.1) is 5.92 Å². The number of hydrogen-bond donors (Lipinski definition) is 1. The molecule has 0 saturated carbocycles. The van der Waals surface area contributed by atoms with Crippen LogP contribution in [0.25, 0.3) is 6.08 Å². The van der Waals surface area contributed by atoms with Gasteiger partial charge in [-0.3, -0.25) is 4.79 Å². The van der Waals surface area contributed by atoms with Crippen molar-refractivity contribution < 1.29 is 14.7 Å². The van der Waals surface area contributed by atoms with Crippen LogP contribution in [0.15, 0.2) is 18.2 Å². The molecule has 0 radical (unpaired) electrons. The lowest BCUT2D eigenvalue weighted by atomic mass is 10.1. The van der Waals surface area contributed by atoms with Crippen molar-refractivity contribution in [1.29, 1.82) is 0 Å². The second-order valence-electron chi connectivity index (χ2n) is 5.04. The summed E-state index contributed by atoms with van der Waals surface area (Å²) in [5, 5.41) is 9.17. The number of rotatable bonds is 4. The largest absolute Gasteiger partial charge is 0.480 e. The molecule has 1 saturated heterocycles. The van der Waals surface area contributed by atoms with E-state index in [1.54, 1.807) is 12.1 Å². The summed E-state index contributed by atoms with van der Waals surface area (Å²) in [5.41, 5.74) is 0. The van der Waals surface area contributed by atoms with Crippen molar-refractivity contribution in [3.8, 4) is 0 Å². The summed E-state index contributed by atoms with van der Waals surface area (Å²) in [5.74, 6) is -0.585. The van der Waals surface area contributed by atoms with E-state index in [9.17, 15) is 14.7 Å². The summed E-state index contributed by atoms with van der Waals surface area (Å²) in [4.78, 5) is 26.0. The number of thiophene rings is 1. The number of aliphatic carboxylic acids is 1. The molecule has 0 bridgehead atoms. The summed E-state index contributed by atoms with van der Waals surface area (Å²) in [6, 6.07) is 2.83. The lowest BCUT2D eigenvalue weighted by molar-refractivity contribution is -0.147. The van der Waals surface area contributed by atoms with E-state index in [4.69, 9.17) is 11.6 Å². The Morgan fingerprint density at radius 2 is 2.19 bits per heavy atom. The molecule has 1 aromatic rings. The van der Waals surface area contributed by atoms with Crippen molar-refractivity contribution in [2.75, 3.05) is 5.75 Å². The van der Waals surface area contributed by atoms with Crippen LogP contribution < -0.4 is 0 Å². The van der Waals surface area contributed by atoms with Gasteiger partial charge in [0.05, 0.1) is 9.71 Å². The molecule has 1 aromatic heterocycles. The number of halogens is 1. The Bertz CT molecular complexity index is 570. The maximum atomic E-state index is 12.4. The summed E-state index contributed by atoms with van der Waals surface area (Å²) in [7, 11) is 0. The van der Waals surface area contributed by atoms with Gasteiger partial charge in [-0.2, -0.15) is 0 Å². The van der Waals surface area contributed by atoms with Crippen LogP contribution in [0.3, 0.4) is 0 Å². The average molecular weight is 346 g/mol. The normalized spacial score (nSPS) is 22.4. The Hall–Kier alpha value is -0.980. The van der Waals surface area contributed by atoms with Crippen LogP contribution in [0.1, 0.15) is 18.7 Å². The quantitative estimate of drug-likeness (QED) is 0.849. The molecule has 4 nitrogen and oxygen atoms in total. The Labute approximate surface area is 136 Å². The number of nitrogens with zero attached hydrogens (tertiary/aromatic N) is 1. The molecule has 1 aliphatic heterocycles. The topological polar surface area (TPSA) is 57.6 Å². The van der Waals surface area contributed by atoms with E-state index in [1.165, 1.54) is 34.1 Å². The van der Waals surface area contributed by atoms with Gasteiger partial charge in [-0.25, -0.2) is 4.79 Å². The lowest BCUT2D eigenvalue weighted by Gasteiger charge is -2.28. The maximum Gasteiger partial charge on any atom is 0.327 e. The number of amides is 1. The van der Waals surface area contributed by atoms with E-state index in [-0.39, 0.29) is 17.2 Å². The van der Waals surface area contributed by atoms with Crippen LogP contribution in [-0.4, -0.2) is 39.1 Å². The smallest absolute Gasteiger partial charge is 0.327 e. The molecule has 0 spiro atoms. The molecule has 2 rings (SSSR count). The van der Waals surface area contributed by atoms with E-state index in [0.717, 1.165) is 4.88 Å². The Morgan fingerprint density at radius 1 is 1.48 bits per heavy atom. The van der Waals surface area contributed by atoms with E-state index in [0.29, 0.717) is 10.1 Å². The zero-order valence-electron chi connectivity index (χ0n) is 11.7. The first kappa shape index (κ1) is 16.4. The lowest BCUT2D eigenvalue weighted by Crippen LogP contribution is -2.46. The number of carboxylic acid groups (broad SMARTS) is 1. The highest BCUT2D eigenvalue weighted by molar-refractivity contribution is 8.00. The van der Waals surface area contributed by atoms with Crippen LogP contribution in [0.5, 0.6) is 0 Å². The van der Waals surface area contributed by atoms with Gasteiger partial charge in [0, 0.05) is 16.7 Å². The third kappa shape index (κ3) is 3.81. The third-order valence-electron chi connectivity index (χ3n) is 3.13. The maximum absolute atomic E-state index is 12.4. The van der Waals surface area contributed by atoms with E-state index < -0.39 is 12.0 Å². The van der Waals surface area contributed by atoms with Crippen molar-refractivity contribution in [1.82, 2.24) is 4.90 Å². The standard InChI is InChI=1S/C14H16ClNO3S2/c1-8(2)13-16(10(7-20-13)14(18)19)12(17)6-4-9-3-5-11(15)21-9/h3-6,8,10,13H,7H2,1-2H3,(H,18,19). The van der Waals surface area contributed by atoms with Gasteiger partial charge in [0.15, 0.2) is 0 Å². The van der Waals surface area contributed by atoms with Crippen LogP contribution in [0.4, 0.5) is 0 Å². The average Bonchev–Trinajstić information content (AvgIpc) is 3.01. The SMILES string of the molecule is CC(C)C1SCC(C(=O)O)N1C(=O)C=Cc1ccc(Cl)s1. The molecule has 114 valence electrons. The van der Waals surface area contributed by atoms with Gasteiger partial charge in [0.25, 0.3) is 0 Å². The van der Waals surface area contributed by atoms with Crippen molar-refractivity contribution in [2.24, 2.45) is 5.92 Å². The predicted molar refractivity (Wildman–Crippen MR) is 87.7 cm³/mol. The van der Waals surface area contributed by atoms with E-state index in [1.807, 2.05) is 19.9 Å². The van der Waals surface area contributed by atoms with Crippen molar-refractivity contribution in [3.05, 3.63) is 27.4 Å². The van der Waals surface area contributed by atoms with Gasteiger partial charge in [-0.05, 0) is 24.1 Å². The van der Waals surface area contributed by atoms with Crippen molar-refractivity contribution >= 4 is 52.7 Å². The molecule has 1 amide bonds.